The van der Waals surface area contributed by atoms with E-state index in [-0.39, 0.29) is 6.04 Å². The van der Waals surface area contributed by atoms with Crippen molar-refractivity contribution in [3.8, 4) is 5.75 Å². The Morgan fingerprint density at radius 1 is 1.33 bits per heavy atom. The van der Waals surface area contributed by atoms with Crippen LogP contribution in [0, 0.1) is 0 Å². The largest absolute Gasteiger partial charge is 0.494 e. The molecule has 0 aliphatic rings. The van der Waals surface area contributed by atoms with Gasteiger partial charge in [0.2, 0.25) is 0 Å². The second-order valence-electron chi connectivity index (χ2n) is 4.99. The van der Waals surface area contributed by atoms with Gasteiger partial charge in [0, 0.05) is 18.6 Å². The van der Waals surface area contributed by atoms with Crippen molar-refractivity contribution >= 4 is 0 Å². The molecule has 0 amide bonds. The fraction of sp³-hybridized carbons (Fsp3) is 0.600. The molecule has 0 radical (unpaired) electrons. The Kier molecular flexibility index (Phi) is 6.76. The lowest BCUT2D eigenvalue weighted by Gasteiger charge is -2.16. The number of nitrogens with two attached hydrogens (primary N) is 1. The van der Waals surface area contributed by atoms with Gasteiger partial charge in [0.15, 0.2) is 0 Å². The summed E-state index contributed by atoms with van der Waals surface area (Å²) in [5.41, 5.74) is 7.03. The van der Waals surface area contributed by atoms with Crippen LogP contribution in [0.1, 0.15) is 32.8 Å². The van der Waals surface area contributed by atoms with E-state index in [2.05, 4.69) is 37.4 Å². The van der Waals surface area contributed by atoms with Gasteiger partial charge < -0.3 is 15.8 Å². The van der Waals surface area contributed by atoms with Gasteiger partial charge in [-0.15, -0.1) is 0 Å². The summed E-state index contributed by atoms with van der Waals surface area (Å²) < 4.78 is 5.64. The maximum Gasteiger partial charge on any atom is 0.119 e. The van der Waals surface area contributed by atoms with Crippen LogP contribution >= 0.6 is 0 Å². The fourth-order valence-electron chi connectivity index (χ4n) is 1.79. The Balaban J connectivity index is 2.45. The van der Waals surface area contributed by atoms with Crippen molar-refractivity contribution in [2.45, 2.75) is 45.7 Å². The third-order valence-electron chi connectivity index (χ3n) is 2.70. The van der Waals surface area contributed by atoms with E-state index in [1.54, 1.807) is 0 Å². The van der Waals surface area contributed by atoms with Crippen LogP contribution in [0.25, 0.3) is 0 Å². The molecule has 0 aliphatic heterocycles. The van der Waals surface area contributed by atoms with Crippen molar-refractivity contribution in [1.82, 2.24) is 5.32 Å². The minimum Gasteiger partial charge on any atom is -0.494 e. The van der Waals surface area contributed by atoms with E-state index in [0.717, 1.165) is 31.7 Å². The first-order chi connectivity index (χ1) is 8.61. The third kappa shape index (κ3) is 6.03. The monoisotopic (exact) mass is 250 g/mol. The number of ether oxygens (including phenoxy) is 1. The van der Waals surface area contributed by atoms with Gasteiger partial charge >= 0.3 is 0 Å². The van der Waals surface area contributed by atoms with Gasteiger partial charge in [0.1, 0.15) is 5.75 Å². The number of hydrogen-bond donors (Lipinski definition) is 2. The van der Waals surface area contributed by atoms with Crippen LogP contribution in [0.4, 0.5) is 0 Å². The van der Waals surface area contributed by atoms with Gasteiger partial charge in [-0.2, -0.15) is 0 Å². The lowest BCUT2D eigenvalue weighted by Crippen LogP contribution is -2.37. The molecule has 1 aromatic carbocycles. The molecule has 0 aromatic heterocycles. The highest BCUT2D eigenvalue weighted by atomic mass is 16.5. The molecule has 18 heavy (non-hydrogen) atoms. The number of hydrogen-bond acceptors (Lipinski definition) is 3. The summed E-state index contributed by atoms with van der Waals surface area (Å²) in [7, 11) is 0. The van der Waals surface area contributed by atoms with Crippen LogP contribution in [0.15, 0.2) is 24.3 Å². The van der Waals surface area contributed by atoms with Crippen molar-refractivity contribution in [2.24, 2.45) is 5.73 Å². The molecular weight excluding hydrogens is 224 g/mol. The molecule has 3 nitrogen and oxygen atoms in total. The van der Waals surface area contributed by atoms with Gasteiger partial charge in [-0.1, -0.05) is 19.1 Å². The van der Waals surface area contributed by atoms with E-state index in [4.69, 9.17) is 10.5 Å². The molecule has 2 unspecified atom stereocenters. The van der Waals surface area contributed by atoms with Crippen molar-refractivity contribution in [3.63, 3.8) is 0 Å². The normalized spacial score (nSPS) is 14.2. The standard InChI is InChI=1S/C15H26N2O/c1-4-8-18-15-7-5-6-14(10-15)9-13(3)17-11-12(2)16/h5-7,10,12-13,17H,4,8-9,11,16H2,1-3H3. The van der Waals surface area contributed by atoms with Crippen LogP contribution < -0.4 is 15.8 Å². The van der Waals surface area contributed by atoms with E-state index in [9.17, 15) is 0 Å². The van der Waals surface area contributed by atoms with Crippen LogP contribution in [0.5, 0.6) is 5.75 Å². The average Bonchev–Trinajstić information content (AvgIpc) is 2.34. The maximum absolute atomic E-state index is 5.73. The molecule has 102 valence electrons. The van der Waals surface area contributed by atoms with Gasteiger partial charge in [-0.05, 0) is 44.4 Å². The Hall–Kier alpha value is -1.06. The van der Waals surface area contributed by atoms with Crippen LogP contribution in [-0.2, 0) is 6.42 Å². The SMILES string of the molecule is CCCOc1cccc(CC(C)NCC(C)N)c1. The molecule has 0 saturated heterocycles. The summed E-state index contributed by atoms with van der Waals surface area (Å²) in [4.78, 5) is 0. The van der Waals surface area contributed by atoms with Crippen LogP contribution in [-0.4, -0.2) is 25.2 Å². The molecule has 0 bridgehead atoms. The number of nitrogens with one attached hydrogen (secondary N) is 1. The minimum absolute atomic E-state index is 0.201. The molecule has 1 aromatic rings. The molecule has 2 atom stereocenters. The molecule has 0 spiro atoms. The van der Waals surface area contributed by atoms with Crippen molar-refractivity contribution in [3.05, 3.63) is 29.8 Å². The van der Waals surface area contributed by atoms with Gasteiger partial charge in [0.05, 0.1) is 6.61 Å². The van der Waals surface area contributed by atoms with E-state index in [0.29, 0.717) is 6.04 Å². The zero-order valence-corrected chi connectivity index (χ0v) is 11.8. The summed E-state index contributed by atoms with van der Waals surface area (Å²) >= 11 is 0. The quantitative estimate of drug-likeness (QED) is 0.744. The molecule has 0 heterocycles. The Bertz CT molecular complexity index is 339. The Labute approximate surface area is 111 Å². The molecule has 0 fully saturated rings. The summed E-state index contributed by atoms with van der Waals surface area (Å²) in [6.45, 7) is 7.94. The molecule has 3 N–H and O–H groups in total. The first kappa shape index (κ1) is 15.0. The summed E-state index contributed by atoms with van der Waals surface area (Å²) in [5, 5.41) is 3.43. The highest BCUT2D eigenvalue weighted by Crippen LogP contribution is 2.14. The molecule has 3 heteroatoms. The molecular formula is C15H26N2O. The minimum atomic E-state index is 0.201. The van der Waals surface area contributed by atoms with Gasteiger partial charge in [0.25, 0.3) is 0 Å². The van der Waals surface area contributed by atoms with E-state index in [1.165, 1.54) is 5.56 Å². The highest BCUT2D eigenvalue weighted by molar-refractivity contribution is 5.29. The molecule has 1 rings (SSSR count). The predicted molar refractivity (Wildman–Crippen MR) is 77.0 cm³/mol. The average molecular weight is 250 g/mol. The first-order valence-corrected chi connectivity index (χ1v) is 6.82. The van der Waals surface area contributed by atoms with Gasteiger partial charge in [-0.25, -0.2) is 0 Å². The highest BCUT2D eigenvalue weighted by Gasteiger charge is 2.05. The Morgan fingerprint density at radius 2 is 2.11 bits per heavy atom. The van der Waals surface area contributed by atoms with Crippen LogP contribution in [0.3, 0.4) is 0 Å². The summed E-state index contributed by atoms with van der Waals surface area (Å²) in [5.74, 6) is 0.966. The topological polar surface area (TPSA) is 47.3 Å². The summed E-state index contributed by atoms with van der Waals surface area (Å²) in [6.07, 6.45) is 2.03. The zero-order valence-electron chi connectivity index (χ0n) is 11.8. The van der Waals surface area contributed by atoms with Crippen molar-refractivity contribution in [2.75, 3.05) is 13.2 Å². The maximum atomic E-state index is 5.73. The number of rotatable bonds is 8. The second-order valence-corrected chi connectivity index (χ2v) is 4.99. The van der Waals surface area contributed by atoms with E-state index >= 15 is 0 Å². The lowest BCUT2D eigenvalue weighted by molar-refractivity contribution is 0.317. The fourth-order valence-corrected chi connectivity index (χ4v) is 1.79. The van der Waals surface area contributed by atoms with E-state index in [1.807, 2.05) is 13.0 Å². The summed E-state index contributed by atoms with van der Waals surface area (Å²) in [6, 6.07) is 8.96. The lowest BCUT2D eigenvalue weighted by atomic mass is 10.1. The van der Waals surface area contributed by atoms with Crippen LogP contribution in [0.2, 0.25) is 0 Å². The smallest absolute Gasteiger partial charge is 0.119 e. The molecule has 0 saturated carbocycles. The molecule has 0 aliphatic carbocycles. The Morgan fingerprint density at radius 3 is 2.78 bits per heavy atom. The van der Waals surface area contributed by atoms with E-state index < -0.39 is 0 Å². The van der Waals surface area contributed by atoms with Crippen molar-refractivity contribution < 1.29 is 4.74 Å². The van der Waals surface area contributed by atoms with Gasteiger partial charge in [-0.3, -0.25) is 0 Å². The predicted octanol–water partition coefficient (Wildman–Crippen LogP) is 2.34. The third-order valence-corrected chi connectivity index (χ3v) is 2.70. The second kappa shape index (κ2) is 8.11. The van der Waals surface area contributed by atoms with Crippen molar-refractivity contribution in [1.29, 1.82) is 0 Å². The zero-order chi connectivity index (χ0) is 13.4. The number of benzene rings is 1. The first-order valence-electron chi connectivity index (χ1n) is 6.82.